The first-order chi connectivity index (χ1) is 12.2. The standard InChI is InChI=1S/C18H24FN5S.HI/c1-20-18(22-16-3-2-12-25-13-16)21-10-8-15-9-11-24(23-15)17-6-4-14(19)5-7-17;/h4-7,9,11,16H,2-3,8,10,12-13H2,1H3,(H2,20,21,22);1H. The average molecular weight is 489 g/mol. The summed E-state index contributed by atoms with van der Waals surface area (Å²) in [5.74, 6) is 3.02. The van der Waals surface area contributed by atoms with Crippen molar-refractivity contribution in [3.63, 3.8) is 0 Å². The zero-order valence-electron chi connectivity index (χ0n) is 14.8. The summed E-state index contributed by atoms with van der Waals surface area (Å²) >= 11 is 2.00. The number of nitrogens with one attached hydrogen (secondary N) is 2. The molecule has 1 aromatic heterocycles. The van der Waals surface area contributed by atoms with E-state index in [9.17, 15) is 4.39 Å². The van der Waals surface area contributed by atoms with Gasteiger partial charge < -0.3 is 10.6 Å². The van der Waals surface area contributed by atoms with Gasteiger partial charge in [-0.2, -0.15) is 16.9 Å². The molecule has 0 bridgehead atoms. The number of thioether (sulfide) groups is 1. The van der Waals surface area contributed by atoms with E-state index >= 15 is 0 Å². The first kappa shape index (κ1) is 21.0. The van der Waals surface area contributed by atoms with Crippen molar-refractivity contribution in [1.29, 1.82) is 0 Å². The fourth-order valence-electron chi connectivity index (χ4n) is 2.78. The van der Waals surface area contributed by atoms with E-state index in [1.807, 2.05) is 24.0 Å². The van der Waals surface area contributed by atoms with Crippen LogP contribution in [0.3, 0.4) is 0 Å². The highest BCUT2D eigenvalue weighted by atomic mass is 127. The predicted molar refractivity (Wildman–Crippen MR) is 117 cm³/mol. The highest BCUT2D eigenvalue weighted by Crippen LogP contribution is 2.16. The summed E-state index contributed by atoms with van der Waals surface area (Å²) in [7, 11) is 1.80. The Balaban J connectivity index is 0.00000243. The predicted octanol–water partition coefficient (Wildman–Crippen LogP) is 3.23. The van der Waals surface area contributed by atoms with Crippen molar-refractivity contribution < 1.29 is 4.39 Å². The number of hydrogen-bond acceptors (Lipinski definition) is 3. The van der Waals surface area contributed by atoms with Gasteiger partial charge >= 0.3 is 0 Å². The topological polar surface area (TPSA) is 54.2 Å². The largest absolute Gasteiger partial charge is 0.356 e. The molecule has 0 amide bonds. The van der Waals surface area contributed by atoms with Crippen molar-refractivity contribution in [3.05, 3.63) is 48.0 Å². The van der Waals surface area contributed by atoms with E-state index < -0.39 is 0 Å². The number of nitrogens with zero attached hydrogens (tertiary/aromatic N) is 3. The molecule has 0 spiro atoms. The molecule has 0 aliphatic carbocycles. The van der Waals surface area contributed by atoms with Gasteiger partial charge in [-0.3, -0.25) is 4.99 Å². The van der Waals surface area contributed by atoms with Crippen LogP contribution in [0.15, 0.2) is 41.5 Å². The molecule has 142 valence electrons. The molecule has 1 atom stereocenters. The lowest BCUT2D eigenvalue weighted by atomic mass is 10.2. The zero-order chi connectivity index (χ0) is 17.5. The van der Waals surface area contributed by atoms with Crippen LogP contribution in [0.5, 0.6) is 0 Å². The number of benzene rings is 1. The third-order valence-corrected chi connectivity index (χ3v) is 5.35. The van der Waals surface area contributed by atoms with Crippen molar-refractivity contribution in [1.82, 2.24) is 20.4 Å². The van der Waals surface area contributed by atoms with E-state index in [1.165, 1.54) is 30.7 Å². The third kappa shape index (κ3) is 6.15. The maximum absolute atomic E-state index is 13.0. The van der Waals surface area contributed by atoms with Crippen molar-refractivity contribution in [3.8, 4) is 5.69 Å². The normalized spacial score (nSPS) is 17.5. The van der Waals surface area contributed by atoms with E-state index in [4.69, 9.17) is 0 Å². The number of aliphatic imine (C=N–C) groups is 1. The maximum Gasteiger partial charge on any atom is 0.191 e. The summed E-state index contributed by atoms with van der Waals surface area (Å²) in [6.07, 6.45) is 5.17. The highest BCUT2D eigenvalue weighted by molar-refractivity contribution is 14.0. The van der Waals surface area contributed by atoms with E-state index in [-0.39, 0.29) is 29.8 Å². The van der Waals surface area contributed by atoms with Crippen molar-refractivity contribution in [2.45, 2.75) is 25.3 Å². The fourth-order valence-corrected chi connectivity index (χ4v) is 3.86. The lowest BCUT2D eigenvalue weighted by Crippen LogP contribution is -2.46. The minimum atomic E-state index is -0.240. The Morgan fingerprint density at radius 1 is 1.35 bits per heavy atom. The molecule has 0 saturated carbocycles. The number of guanidine groups is 1. The molecular formula is C18H25FIN5S. The molecule has 2 N–H and O–H groups in total. The number of halogens is 2. The second-order valence-corrected chi connectivity index (χ2v) is 7.19. The van der Waals surface area contributed by atoms with Gasteiger partial charge in [0.15, 0.2) is 5.96 Å². The van der Waals surface area contributed by atoms with Crippen LogP contribution in [-0.4, -0.2) is 46.9 Å². The molecular weight excluding hydrogens is 464 g/mol. The lowest BCUT2D eigenvalue weighted by molar-refractivity contribution is 0.582. The van der Waals surface area contributed by atoms with Crippen LogP contribution >= 0.6 is 35.7 Å². The number of rotatable bonds is 5. The van der Waals surface area contributed by atoms with Crippen LogP contribution in [0.25, 0.3) is 5.69 Å². The van der Waals surface area contributed by atoms with E-state index in [0.717, 1.165) is 36.1 Å². The smallest absolute Gasteiger partial charge is 0.191 e. The molecule has 3 rings (SSSR count). The Kier molecular flexibility index (Phi) is 8.70. The highest BCUT2D eigenvalue weighted by Gasteiger charge is 2.14. The molecule has 0 radical (unpaired) electrons. The molecule has 1 fully saturated rings. The summed E-state index contributed by atoms with van der Waals surface area (Å²) in [4.78, 5) is 4.30. The van der Waals surface area contributed by atoms with E-state index in [0.29, 0.717) is 6.04 Å². The SMILES string of the molecule is CN=C(NCCc1ccn(-c2ccc(F)cc2)n1)NC1CCCSC1.I. The minimum absolute atomic E-state index is 0. The molecule has 5 nitrogen and oxygen atoms in total. The van der Waals surface area contributed by atoms with Gasteiger partial charge in [0.05, 0.1) is 11.4 Å². The molecule has 26 heavy (non-hydrogen) atoms. The first-order valence-corrected chi connectivity index (χ1v) is 9.75. The molecule has 1 aromatic carbocycles. The number of aromatic nitrogens is 2. The summed E-state index contributed by atoms with van der Waals surface area (Å²) < 4.78 is 14.8. The molecule has 1 saturated heterocycles. The van der Waals surface area contributed by atoms with Gasteiger partial charge in [-0.15, -0.1) is 24.0 Å². The Morgan fingerprint density at radius 3 is 2.85 bits per heavy atom. The fraction of sp³-hybridized carbons (Fsp3) is 0.444. The second kappa shape index (κ2) is 10.8. The van der Waals surface area contributed by atoms with Gasteiger partial charge in [-0.1, -0.05) is 0 Å². The average Bonchev–Trinajstić information content (AvgIpc) is 3.11. The summed E-state index contributed by atoms with van der Waals surface area (Å²) in [5.41, 5.74) is 1.84. The Bertz CT molecular complexity index is 698. The van der Waals surface area contributed by atoms with Crippen LogP contribution < -0.4 is 10.6 Å². The maximum atomic E-state index is 13.0. The summed E-state index contributed by atoms with van der Waals surface area (Å²) in [6, 6.07) is 8.81. The monoisotopic (exact) mass is 489 g/mol. The van der Waals surface area contributed by atoms with Crippen LogP contribution in [0.4, 0.5) is 4.39 Å². The van der Waals surface area contributed by atoms with Crippen molar-refractivity contribution in [2.75, 3.05) is 25.1 Å². The van der Waals surface area contributed by atoms with Gasteiger partial charge in [0.1, 0.15) is 5.82 Å². The molecule has 1 unspecified atom stereocenters. The molecule has 8 heteroatoms. The molecule has 2 heterocycles. The van der Waals surface area contributed by atoms with E-state index in [2.05, 4.69) is 20.7 Å². The second-order valence-electron chi connectivity index (χ2n) is 6.04. The van der Waals surface area contributed by atoms with Crippen LogP contribution in [0.1, 0.15) is 18.5 Å². The Hall–Kier alpha value is -1.29. The van der Waals surface area contributed by atoms with Gasteiger partial charge in [-0.05, 0) is 48.9 Å². The third-order valence-electron chi connectivity index (χ3n) is 4.13. The number of hydrogen-bond donors (Lipinski definition) is 2. The van der Waals surface area contributed by atoms with Crippen molar-refractivity contribution >= 4 is 41.7 Å². The van der Waals surface area contributed by atoms with Gasteiger partial charge in [0, 0.05) is 38.0 Å². The van der Waals surface area contributed by atoms with Crippen LogP contribution in [0.2, 0.25) is 0 Å². The molecule has 2 aromatic rings. The van der Waals surface area contributed by atoms with E-state index in [1.54, 1.807) is 23.9 Å². The zero-order valence-corrected chi connectivity index (χ0v) is 18.0. The van der Waals surface area contributed by atoms with Crippen molar-refractivity contribution in [2.24, 2.45) is 4.99 Å². The minimum Gasteiger partial charge on any atom is -0.356 e. The van der Waals surface area contributed by atoms with Gasteiger partial charge in [-0.25, -0.2) is 9.07 Å². The molecule has 1 aliphatic rings. The quantitative estimate of drug-likeness (QED) is 0.385. The lowest BCUT2D eigenvalue weighted by Gasteiger charge is -2.24. The van der Waals surface area contributed by atoms with Crippen LogP contribution in [0, 0.1) is 5.82 Å². The Morgan fingerprint density at radius 2 is 2.15 bits per heavy atom. The van der Waals surface area contributed by atoms with Gasteiger partial charge in [0.2, 0.25) is 0 Å². The van der Waals surface area contributed by atoms with Crippen LogP contribution in [-0.2, 0) is 6.42 Å². The van der Waals surface area contributed by atoms with Gasteiger partial charge in [0.25, 0.3) is 0 Å². The Labute approximate surface area is 175 Å². The summed E-state index contributed by atoms with van der Waals surface area (Å²) in [5, 5.41) is 11.4. The summed E-state index contributed by atoms with van der Waals surface area (Å²) in [6.45, 7) is 0.764. The molecule has 1 aliphatic heterocycles. The first-order valence-electron chi connectivity index (χ1n) is 8.60.